The monoisotopic (exact) mass is 705 g/mol. The van der Waals surface area contributed by atoms with Gasteiger partial charge in [-0.15, -0.1) is 0 Å². The van der Waals surface area contributed by atoms with Gasteiger partial charge in [-0.25, -0.2) is 4.57 Å². The summed E-state index contributed by atoms with van der Waals surface area (Å²) < 4.78 is 26.5. The first-order chi connectivity index (χ1) is 23.8. The van der Waals surface area contributed by atoms with E-state index >= 15 is 0 Å². The lowest BCUT2D eigenvalue weighted by Crippen LogP contribution is -2.27. The van der Waals surface area contributed by atoms with E-state index < -0.39 is 26.5 Å². The summed E-state index contributed by atoms with van der Waals surface area (Å²) in [5.74, 6) is -0.600. The summed E-state index contributed by atoms with van der Waals surface area (Å²) in [7, 11) is -4.42. The molecule has 1 amide bonds. The smallest absolute Gasteiger partial charge is 0.463 e. The van der Waals surface area contributed by atoms with Crippen molar-refractivity contribution >= 4 is 19.7 Å². The predicted molar refractivity (Wildman–Crippen MR) is 201 cm³/mol. The summed E-state index contributed by atoms with van der Waals surface area (Å²) in [6.07, 6.45) is 42.9. The van der Waals surface area contributed by atoms with Gasteiger partial charge in [-0.3, -0.25) is 18.6 Å². The molecule has 278 valence electrons. The molecule has 0 spiro atoms. The van der Waals surface area contributed by atoms with Crippen LogP contribution in [0.3, 0.4) is 0 Å². The molecule has 0 rings (SSSR count). The highest BCUT2D eigenvalue weighted by atomic mass is 31.2. The Morgan fingerprint density at radius 3 is 1.69 bits per heavy atom. The highest BCUT2D eigenvalue weighted by Crippen LogP contribution is 2.42. The van der Waals surface area contributed by atoms with Crippen molar-refractivity contribution < 1.29 is 37.9 Å². The molecule has 0 saturated heterocycles. The molecule has 0 aliphatic rings. The Kier molecular flexibility index (Phi) is 33.0. The van der Waals surface area contributed by atoms with E-state index in [2.05, 4.69) is 104 Å². The largest absolute Gasteiger partial charge is 0.472 e. The third-order valence-electron chi connectivity index (χ3n) is 6.84. The van der Waals surface area contributed by atoms with Gasteiger partial charge in [-0.2, -0.15) is 0 Å². The topological polar surface area (TPSA) is 131 Å². The minimum atomic E-state index is -4.42. The minimum absolute atomic E-state index is 0.0453. The molecule has 2 unspecified atom stereocenters. The fraction of sp³-hybridized carbons (Fsp3) is 0.590. The quantitative estimate of drug-likeness (QED) is 0.0273. The third-order valence-corrected chi connectivity index (χ3v) is 7.82. The number of aliphatic hydroxyl groups is 1. The van der Waals surface area contributed by atoms with Gasteiger partial charge in [0.1, 0.15) is 12.7 Å². The molecular formula is C39H64NO8P. The van der Waals surface area contributed by atoms with Crippen molar-refractivity contribution in [2.24, 2.45) is 0 Å². The average Bonchev–Trinajstić information content (AvgIpc) is 3.08. The molecule has 0 saturated carbocycles. The summed E-state index contributed by atoms with van der Waals surface area (Å²) in [6.45, 7) is 3.21. The number of rotatable bonds is 32. The van der Waals surface area contributed by atoms with Crippen LogP contribution in [0.4, 0.5) is 0 Å². The zero-order valence-corrected chi connectivity index (χ0v) is 31.0. The van der Waals surface area contributed by atoms with Crippen LogP contribution < -0.4 is 5.32 Å². The van der Waals surface area contributed by atoms with E-state index in [-0.39, 0.29) is 32.1 Å². The number of amides is 1. The van der Waals surface area contributed by atoms with Crippen LogP contribution >= 0.6 is 7.82 Å². The fourth-order valence-corrected chi connectivity index (χ4v) is 4.89. The normalized spacial score (nSPS) is 14.4. The molecule has 9 nitrogen and oxygen atoms in total. The minimum Gasteiger partial charge on any atom is -0.463 e. The lowest BCUT2D eigenvalue weighted by atomic mass is 10.1. The Labute approximate surface area is 296 Å². The van der Waals surface area contributed by atoms with Gasteiger partial charge in [0, 0.05) is 19.4 Å². The fourth-order valence-electron chi connectivity index (χ4n) is 4.13. The standard InChI is InChI=1S/C39H64NO8P/c1-3-5-7-9-10-11-12-13-14-15-16-17-18-19-20-21-22-23-24-25-26-28-29-31-38(42)40-33-34-47-49(44,45)48-36-37(41)35-46-39(43)32-30-27-8-6-4-2/h5,7,10-11,13-14,16-17,19-20,22-23,25-26,37,41H,3-4,6,8-9,12,15,18,21,24,27-36H2,1-2H3,(H,40,42)(H,44,45)/b7-5-,11-10-,14-13-,17-16-,20-19-,23-22-,26-25-. The van der Waals surface area contributed by atoms with Gasteiger partial charge in [0.05, 0.1) is 13.2 Å². The zero-order chi connectivity index (χ0) is 36.1. The molecule has 10 heteroatoms. The Bertz CT molecular complexity index is 1080. The summed E-state index contributed by atoms with van der Waals surface area (Å²) >= 11 is 0. The molecule has 3 N–H and O–H groups in total. The Hall–Kier alpha value is -2.81. The van der Waals surface area contributed by atoms with Gasteiger partial charge in [0.2, 0.25) is 5.91 Å². The van der Waals surface area contributed by atoms with Gasteiger partial charge in [0.25, 0.3) is 0 Å². The van der Waals surface area contributed by atoms with Crippen LogP contribution in [0.5, 0.6) is 0 Å². The van der Waals surface area contributed by atoms with E-state index in [0.29, 0.717) is 12.8 Å². The number of nitrogens with one attached hydrogen (secondary N) is 1. The Balaban J connectivity index is 3.76. The maximum atomic E-state index is 12.0. The van der Waals surface area contributed by atoms with Crippen LogP contribution in [0.25, 0.3) is 0 Å². The number of carbonyl (C=O) groups is 2. The Morgan fingerprint density at radius 2 is 1.16 bits per heavy atom. The first kappa shape index (κ1) is 46.2. The number of ether oxygens (including phenoxy) is 1. The van der Waals surface area contributed by atoms with Gasteiger partial charge in [-0.1, -0.05) is 125 Å². The van der Waals surface area contributed by atoms with Crippen molar-refractivity contribution in [3.8, 4) is 0 Å². The van der Waals surface area contributed by atoms with Crippen molar-refractivity contribution in [2.75, 3.05) is 26.4 Å². The van der Waals surface area contributed by atoms with Gasteiger partial charge in [0.15, 0.2) is 0 Å². The SMILES string of the molecule is CC/C=C\C/C=C\C/C=C\C/C=C\C/C=C\C/C=C\C/C=C\CCCC(=O)NCCOP(=O)(O)OCC(O)COC(=O)CCCCCCC. The average molecular weight is 706 g/mol. The van der Waals surface area contributed by atoms with E-state index in [1.54, 1.807) is 0 Å². The zero-order valence-electron chi connectivity index (χ0n) is 30.1. The van der Waals surface area contributed by atoms with E-state index in [4.69, 9.17) is 13.8 Å². The molecule has 0 aromatic rings. The number of phosphoric ester groups is 1. The van der Waals surface area contributed by atoms with Gasteiger partial charge >= 0.3 is 13.8 Å². The molecule has 0 heterocycles. The molecule has 49 heavy (non-hydrogen) atoms. The maximum Gasteiger partial charge on any atom is 0.472 e. The number of hydrogen-bond acceptors (Lipinski definition) is 7. The number of aliphatic hydroxyl groups excluding tert-OH is 1. The first-order valence-electron chi connectivity index (χ1n) is 18.1. The highest BCUT2D eigenvalue weighted by Gasteiger charge is 2.23. The molecule has 0 radical (unpaired) electrons. The van der Waals surface area contributed by atoms with E-state index in [1.165, 1.54) is 0 Å². The molecule has 0 aromatic heterocycles. The van der Waals surface area contributed by atoms with Crippen molar-refractivity contribution in [3.63, 3.8) is 0 Å². The van der Waals surface area contributed by atoms with Crippen LogP contribution in [0.1, 0.15) is 117 Å². The number of carbonyl (C=O) groups excluding carboxylic acids is 2. The molecule has 0 aliphatic heterocycles. The summed E-state index contributed by atoms with van der Waals surface area (Å²) in [5, 5.41) is 12.5. The second-order valence-corrected chi connectivity index (χ2v) is 12.9. The maximum absolute atomic E-state index is 12.0. The molecule has 0 bridgehead atoms. The number of phosphoric acid groups is 1. The first-order valence-corrected chi connectivity index (χ1v) is 19.6. The second kappa shape index (κ2) is 35.0. The number of hydrogen-bond donors (Lipinski definition) is 3. The number of esters is 1. The lowest BCUT2D eigenvalue weighted by molar-refractivity contribution is -0.147. The molecular weight excluding hydrogens is 641 g/mol. The Morgan fingerprint density at radius 1 is 0.653 bits per heavy atom. The number of unbranched alkanes of at least 4 members (excludes halogenated alkanes) is 5. The summed E-state index contributed by atoms with van der Waals surface area (Å²) in [6, 6.07) is 0. The van der Waals surface area contributed by atoms with Crippen LogP contribution in [0, 0.1) is 0 Å². The van der Waals surface area contributed by atoms with Gasteiger partial charge in [-0.05, 0) is 64.2 Å². The molecule has 0 fully saturated rings. The van der Waals surface area contributed by atoms with Crippen molar-refractivity contribution in [2.45, 2.75) is 123 Å². The summed E-state index contributed by atoms with van der Waals surface area (Å²) in [5.41, 5.74) is 0. The van der Waals surface area contributed by atoms with Crippen LogP contribution in [0.15, 0.2) is 85.1 Å². The highest BCUT2D eigenvalue weighted by molar-refractivity contribution is 7.47. The third kappa shape index (κ3) is 36.3. The predicted octanol–water partition coefficient (Wildman–Crippen LogP) is 9.32. The van der Waals surface area contributed by atoms with Gasteiger partial charge < -0.3 is 20.1 Å². The second-order valence-electron chi connectivity index (χ2n) is 11.5. The van der Waals surface area contributed by atoms with Crippen LogP contribution in [-0.4, -0.2) is 54.3 Å². The number of allylic oxidation sites excluding steroid dienone is 14. The molecule has 0 aromatic carbocycles. The summed E-state index contributed by atoms with van der Waals surface area (Å²) in [4.78, 5) is 33.4. The molecule has 0 aliphatic carbocycles. The van der Waals surface area contributed by atoms with Crippen molar-refractivity contribution in [1.29, 1.82) is 0 Å². The van der Waals surface area contributed by atoms with Crippen LogP contribution in [0.2, 0.25) is 0 Å². The van der Waals surface area contributed by atoms with Crippen LogP contribution in [-0.2, 0) is 27.9 Å². The van der Waals surface area contributed by atoms with Crippen molar-refractivity contribution in [1.82, 2.24) is 5.32 Å². The van der Waals surface area contributed by atoms with Crippen molar-refractivity contribution in [3.05, 3.63) is 85.1 Å². The van der Waals surface area contributed by atoms with E-state index in [9.17, 15) is 24.2 Å². The molecule has 2 atom stereocenters. The lowest BCUT2D eigenvalue weighted by Gasteiger charge is -2.15. The van der Waals surface area contributed by atoms with E-state index in [1.807, 2.05) is 0 Å². The van der Waals surface area contributed by atoms with E-state index in [0.717, 1.165) is 83.5 Å².